The van der Waals surface area contributed by atoms with Crippen molar-refractivity contribution >= 4 is 99.1 Å². The van der Waals surface area contributed by atoms with Crippen molar-refractivity contribution in [1.29, 1.82) is 0 Å². The van der Waals surface area contributed by atoms with Crippen molar-refractivity contribution < 1.29 is 33.0 Å². The lowest BCUT2D eigenvalue weighted by atomic mass is 10.1. The Kier molecular flexibility index (Phi) is 10.9. The first-order valence-electron chi connectivity index (χ1n) is 14.4. The first-order valence-corrected chi connectivity index (χ1v) is 16.3. The molecule has 4 rings (SSSR count). The zero-order chi connectivity index (χ0) is 35.9. The molecule has 4 amide bonds. The van der Waals surface area contributed by atoms with E-state index in [0.717, 1.165) is 12.1 Å². The van der Waals surface area contributed by atoms with Crippen LogP contribution in [0.25, 0.3) is 0 Å². The third kappa shape index (κ3) is 9.03. The van der Waals surface area contributed by atoms with Gasteiger partial charge in [-0.25, -0.2) is 14.0 Å². The normalized spacial score (nSPS) is 16.8. The predicted octanol–water partition coefficient (Wildman–Crippen LogP) is 10.2. The van der Waals surface area contributed by atoms with Crippen molar-refractivity contribution in [2.45, 2.75) is 63.0 Å². The Labute approximate surface area is 301 Å². The van der Waals surface area contributed by atoms with Crippen LogP contribution in [0.3, 0.4) is 0 Å². The van der Waals surface area contributed by atoms with Crippen molar-refractivity contribution in [1.82, 2.24) is 0 Å². The molecule has 1 saturated carbocycles. The smallest absolute Gasteiger partial charge is 0.424 e. The fraction of sp³-hybridized carbons (Fsp3) is 0.333. The highest BCUT2D eigenvalue weighted by molar-refractivity contribution is 6.53. The molecular weight excluding hydrogens is 731 g/mol. The molecule has 2 unspecified atom stereocenters. The summed E-state index contributed by atoms with van der Waals surface area (Å²) in [6, 6.07) is 12.3. The van der Waals surface area contributed by atoms with E-state index in [0.29, 0.717) is 20.5 Å². The zero-order valence-electron chi connectivity index (χ0n) is 26.5. The second-order valence-corrected chi connectivity index (χ2v) is 15.7. The highest BCUT2D eigenvalue weighted by atomic mass is 35.5. The summed E-state index contributed by atoms with van der Waals surface area (Å²) in [4.78, 5) is 52.7. The van der Waals surface area contributed by atoms with Gasteiger partial charge < -0.3 is 20.1 Å². The Bertz CT molecular complexity index is 1740. The van der Waals surface area contributed by atoms with Crippen LogP contribution in [0.2, 0.25) is 15.1 Å². The number of carbonyl (C=O) groups excluding carboxylic acids is 4. The highest BCUT2D eigenvalue weighted by Gasteiger charge is 2.67. The van der Waals surface area contributed by atoms with Gasteiger partial charge in [0.1, 0.15) is 21.4 Å². The number of rotatable bonds is 6. The summed E-state index contributed by atoms with van der Waals surface area (Å²) in [6.45, 7) is 9.51. The van der Waals surface area contributed by atoms with E-state index in [4.69, 9.17) is 67.5 Å². The molecule has 0 radical (unpaired) electrons. The van der Waals surface area contributed by atoms with Gasteiger partial charge in [-0.3, -0.25) is 9.59 Å². The van der Waals surface area contributed by atoms with E-state index >= 15 is 4.39 Å². The number of halogens is 6. The molecule has 9 nitrogen and oxygen atoms in total. The average Bonchev–Trinajstić information content (AvgIpc) is 3.50. The van der Waals surface area contributed by atoms with Crippen LogP contribution in [-0.2, 0) is 14.3 Å². The van der Waals surface area contributed by atoms with E-state index in [9.17, 15) is 19.2 Å². The van der Waals surface area contributed by atoms with Crippen LogP contribution in [0.4, 0.5) is 31.0 Å². The number of ether oxygens (including phenoxy) is 2. The third-order valence-electron chi connectivity index (χ3n) is 6.66. The molecular formula is C33H31Cl5FN3O6. The van der Waals surface area contributed by atoms with Gasteiger partial charge in [0.2, 0.25) is 5.91 Å². The molecule has 1 fully saturated rings. The second-order valence-electron chi connectivity index (χ2n) is 12.9. The van der Waals surface area contributed by atoms with Crippen LogP contribution < -0.4 is 15.5 Å². The number of amides is 4. The maximum absolute atomic E-state index is 15.5. The van der Waals surface area contributed by atoms with E-state index in [1.54, 1.807) is 59.7 Å². The molecule has 2 N–H and O–H groups in total. The third-order valence-corrected chi connectivity index (χ3v) is 8.36. The van der Waals surface area contributed by atoms with E-state index in [2.05, 4.69) is 10.6 Å². The molecule has 0 aliphatic heterocycles. The summed E-state index contributed by atoms with van der Waals surface area (Å²) >= 11 is 31.4. The molecule has 3 aromatic rings. The minimum atomic E-state index is -1.43. The lowest BCUT2D eigenvalue weighted by Crippen LogP contribution is -2.44. The Morgan fingerprint density at radius 1 is 0.771 bits per heavy atom. The summed E-state index contributed by atoms with van der Waals surface area (Å²) < 4.78 is 24.6. The number of nitrogens with zero attached hydrogens (tertiary/aromatic N) is 1. The van der Waals surface area contributed by atoms with Crippen LogP contribution in [0.5, 0.6) is 0 Å². The number of alkyl halides is 2. The van der Waals surface area contributed by atoms with Crippen LogP contribution in [0, 0.1) is 11.7 Å². The molecule has 1 aliphatic carbocycles. The van der Waals surface area contributed by atoms with Crippen molar-refractivity contribution in [3.63, 3.8) is 0 Å². The summed E-state index contributed by atoms with van der Waals surface area (Å²) in [6.07, 6.45) is -2.32. The van der Waals surface area contributed by atoms with Gasteiger partial charge in [0.05, 0.1) is 22.2 Å². The summed E-state index contributed by atoms with van der Waals surface area (Å²) in [5.41, 5.74) is -1.76. The summed E-state index contributed by atoms with van der Waals surface area (Å²) in [5, 5.41) is 5.96. The average molecular weight is 762 g/mol. The Morgan fingerprint density at radius 3 is 1.81 bits per heavy atom. The van der Waals surface area contributed by atoms with Gasteiger partial charge >= 0.3 is 12.2 Å². The van der Waals surface area contributed by atoms with E-state index in [-0.39, 0.29) is 22.0 Å². The molecule has 1 aliphatic rings. The quantitative estimate of drug-likeness (QED) is 0.242. The Hall–Kier alpha value is -3.28. The van der Waals surface area contributed by atoms with Crippen molar-refractivity contribution in [2.75, 3.05) is 15.5 Å². The maximum atomic E-state index is 15.5. The highest BCUT2D eigenvalue weighted by Crippen LogP contribution is 2.65. The maximum Gasteiger partial charge on any atom is 0.424 e. The first-order chi connectivity index (χ1) is 22.1. The van der Waals surface area contributed by atoms with Gasteiger partial charge in [0, 0.05) is 27.3 Å². The lowest BCUT2D eigenvalue weighted by Gasteiger charge is -2.28. The number of hydrogen-bond donors (Lipinski definition) is 2. The van der Waals surface area contributed by atoms with Gasteiger partial charge in [-0.1, -0.05) is 34.8 Å². The van der Waals surface area contributed by atoms with Crippen molar-refractivity contribution in [2.24, 2.45) is 5.92 Å². The predicted molar refractivity (Wildman–Crippen MR) is 187 cm³/mol. The molecule has 0 heterocycles. The van der Waals surface area contributed by atoms with Crippen LogP contribution in [-0.4, -0.2) is 39.5 Å². The minimum Gasteiger partial charge on any atom is -0.443 e. The largest absolute Gasteiger partial charge is 0.443 e. The number of carbonyl (C=O) groups is 4. The van der Waals surface area contributed by atoms with Gasteiger partial charge in [-0.2, -0.15) is 4.90 Å². The van der Waals surface area contributed by atoms with Crippen LogP contribution in [0.15, 0.2) is 54.6 Å². The number of benzene rings is 3. The molecule has 48 heavy (non-hydrogen) atoms. The monoisotopic (exact) mass is 759 g/mol. The molecule has 0 aromatic heterocycles. The Morgan fingerprint density at radius 2 is 1.29 bits per heavy atom. The van der Waals surface area contributed by atoms with E-state index in [1.807, 2.05) is 0 Å². The zero-order valence-corrected chi connectivity index (χ0v) is 30.3. The van der Waals surface area contributed by atoms with Gasteiger partial charge in [-0.15, -0.1) is 23.2 Å². The lowest BCUT2D eigenvalue weighted by molar-refractivity contribution is -0.117. The van der Waals surface area contributed by atoms with E-state index < -0.39 is 62.9 Å². The summed E-state index contributed by atoms with van der Waals surface area (Å²) in [5.74, 6) is -3.76. The van der Waals surface area contributed by atoms with Gasteiger partial charge in [0.15, 0.2) is 0 Å². The van der Waals surface area contributed by atoms with Crippen molar-refractivity contribution in [3.8, 4) is 0 Å². The fourth-order valence-electron chi connectivity index (χ4n) is 4.67. The second kappa shape index (κ2) is 13.9. The number of nitrogens with one attached hydrogen (secondary N) is 2. The number of anilines is 3. The SMILES string of the molecule is CC(C)(C)OC(=O)N(C(=O)OC(C)(C)C)c1ccc(NC(=O)c2cc(NC(=O)C3C(c4cc(Cl)cc(Cl)c4)C3(Cl)Cl)ccc2Cl)cc1F. The van der Waals surface area contributed by atoms with E-state index in [1.165, 1.54) is 24.3 Å². The molecule has 15 heteroatoms. The van der Waals surface area contributed by atoms with Crippen LogP contribution in [0.1, 0.15) is 63.4 Å². The molecule has 0 spiro atoms. The number of imide groups is 1. The fourth-order valence-corrected chi connectivity index (χ4v) is 6.24. The number of hydrogen-bond acceptors (Lipinski definition) is 6. The minimum absolute atomic E-state index is 0.0323. The summed E-state index contributed by atoms with van der Waals surface area (Å²) in [7, 11) is 0. The molecule has 256 valence electrons. The molecule has 3 aromatic carbocycles. The van der Waals surface area contributed by atoms with Gasteiger partial charge in [-0.05, 0) is 102 Å². The van der Waals surface area contributed by atoms with Crippen molar-refractivity contribution in [3.05, 3.63) is 86.6 Å². The first kappa shape index (κ1) is 37.5. The molecule has 0 saturated heterocycles. The Balaban J connectivity index is 1.52. The van der Waals surface area contributed by atoms with Crippen LogP contribution >= 0.6 is 58.0 Å². The standard InChI is InChI=1S/C33H31Cl5FN3O6/c1-31(2,3)47-29(45)42(30(46)48-32(4,5)6)24-10-8-20(15-23(24)39)40-27(43)21-14-19(7-9-22(21)36)41-28(44)26-25(33(26,37)38)16-11-17(34)13-18(35)12-16/h7-15,25-26H,1-6H3,(H,40,43)(H,41,44). The molecule has 2 atom stereocenters. The van der Waals surface area contributed by atoms with Gasteiger partial charge in [0.25, 0.3) is 5.91 Å². The molecule has 0 bridgehead atoms. The topological polar surface area (TPSA) is 114 Å².